The van der Waals surface area contributed by atoms with E-state index in [0.29, 0.717) is 27.9 Å². The van der Waals surface area contributed by atoms with Crippen LogP contribution >= 0.6 is 11.6 Å². The zero-order valence-electron chi connectivity index (χ0n) is 12.0. The van der Waals surface area contributed by atoms with Crippen LogP contribution in [0.25, 0.3) is 11.2 Å². The van der Waals surface area contributed by atoms with Crippen LogP contribution in [0.2, 0.25) is 5.15 Å². The number of fused-ring (bicyclic) bond motifs is 1. The van der Waals surface area contributed by atoms with Crippen LogP contribution in [0, 0.1) is 5.92 Å². The Bertz CT molecular complexity index is 679. The zero-order chi connectivity index (χ0) is 15.0. The second kappa shape index (κ2) is 5.69. The van der Waals surface area contributed by atoms with Gasteiger partial charge >= 0.3 is 0 Å². The van der Waals surface area contributed by atoms with Crippen LogP contribution in [0.3, 0.4) is 0 Å². The Morgan fingerprint density at radius 3 is 2.86 bits per heavy atom. The molecular formula is C14H17ClN4O2. The molecule has 1 atom stereocenters. The van der Waals surface area contributed by atoms with Gasteiger partial charge in [0.05, 0.1) is 12.2 Å². The number of Topliss-reactive ketones (excluding diaryl/α,β-unsaturated/α-hetero) is 1. The van der Waals surface area contributed by atoms with Crippen LogP contribution in [0.1, 0.15) is 43.2 Å². The van der Waals surface area contributed by atoms with Gasteiger partial charge in [0, 0.05) is 20.1 Å². The topological polar surface area (TPSA) is 69.9 Å². The first-order valence-electron chi connectivity index (χ1n) is 7.07. The van der Waals surface area contributed by atoms with Crippen LogP contribution in [-0.2, 0) is 4.74 Å². The Labute approximate surface area is 127 Å². The molecule has 3 rings (SSSR count). The predicted octanol–water partition coefficient (Wildman–Crippen LogP) is 2.67. The maximum atomic E-state index is 11.8. The summed E-state index contributed by atoms with van der Waals surface area (Å²) in [5.41, 5.74) is 1.45. The summed E-state index contributed by atoms with van der Waals surface area (Å²) in [4.78, 5) is 20.3. The van der Waals surface area contributed by atoms with E-state index in [4.69, 9.17) is 16.3 Å². The van der Waals surface area contributed by atoms with E-state index in [1.165, 1.54) is 13.1 Å². The summed E-state index contributed by atoms with van der Waals surface area (Å²) in [5, 5.41) is 4.75. The van der Waals surface area contributed by atoms with Crippen LogP contribution in [0.4, 0.5) is 0 Å². The third-order valence-electron chi connectivity index (χ3n) is 4.04. The third-order valence-corrected chi connectivity index (χ3v) is 4.22. The number of rotatable bonds is 3. The molecule has 0 radical (unpaired) electrons. The van der Waals surface area contributed by atoms with Crippen molar-refractivity contribution in [1.29, 1.82) is 0 Å². The monoisotopic (exact) mass is 308 g/mol. The third kappa shape index (κ3) is 2.65. The summed E-state index contributed by atoms with van der Waals surface area (Å²) in [7, 11) is 0. The maximum absolute atomic E-state index is 11.8. The Morgan fingerprint density at radius 2 is 2.19 bits per heavy atom. The summed E-state index contributed by atoms with van der Waals surface area (Å²) >= 11 is 5.95. The fraction of sp³-hybridized carbons (Fsp3) is 0.571. The molecule has 21 heavy (non-hydrogen) atoms. The quantitative estimate of drug-likeness (QED) is 0.815. The molecule has 1 saturated heterocycles. The molecular weight excluding hydrogens is 292 g/mol. The lowest BCUT2D eigenvalue weighted by molar-refractivity contribution is 0.0500. The summed E-state index contributed by atoms with van der Waals surface area (Å²) < 4.78 is 7.20. The molecule has 1 aliphatic rings. The number of hydrogen-bond acceptors (Lipinski definition) is 5. The number of aromatic nitrogens is 4. The van der Waals surface area contributed by atoms with Crippen LogP contribution in [0.5, 0.6) is 0 Å². The molecule has 0 spiro atoms. The second-order valence-electron chi connectivity index (χ2n) is 5.40. The molecule has 2 aromatic rings. The van der Waals surface area contributed by atoms with Gasteiger partial charge in [-0.05, 0) is 25.7 Å². The first kappa shape index (κ1) is 14.4. The molecule has 0 bridgehead atoms. The molecule has 0 aliphatic carbocycles. The fourth-order valence-corrected chi connectivity index (χ4v) is 2.94. The average Bonchev–Trinajstić information content (AvgIpc) is 2.86. The maximum Gasteiger partial charge on any atom is 0.182 e. The largest absolute Gasteiger partial charge is 0.381 e. The zero-order valence-corrected chi connectivity index (χ0v) is 12.8. The number of ether oxygens (including phenoxy) is 1. The van der Waals surface area contributed by atoms with Gasteiger partial charge in [-0.15, -0.1) is 0 Å². The molecule has 1 fully saturated rings. The number of ketones is 1. The number of carbonyl (C=O) groups excluding carboxylic acids is 1. The highest BCUT2D eigenvalue weighted by atomic mass is 35.5. The summed E-state index contributed by atoms with van der Waals surface area (Å²) in [6, 6.07) is 0.122. The lowest BCUT2D eigenvalue weighted by Crippen LogP contribution is -2.25. The van der Waals surface area contributed by atoms with Crippen molar-refractivity contribution in [3.05, 3.63) is 17.0 Å². The van der Waals surface area contributed by atoms with E-state index in [1.807, 2.05) is 0 Å². The van der Waals surface area contributed by atoms with Crippen molar-refractivity contribution in [2.24, 2.45) is 5.92 Å². The minimum Gasteiger partial charge on any atom is -0.381 e. The lowest BCUT2D eigenvalue weighted by Gasteiger charge is -2.28. The van der Waals surface area contributed by atoms with Gasteiger partial charge < -0.3 is 4.74 Å². The van der Waals surface area contributed by atoms with Crippen molar-refractivity contribution in [3.63, 3.8) is 0 Å². The summed E-state index contributed by atoms with van der Waals surface area (Å²) in [6.45, 7) is 5.11. The standard InChI is InChI=1S/C14H17ClN4O2/c1-8(10-3-5-21-6-4-10)19-14-13(12(18-19)9(2)20)16-7-11(15)17-14/h7-8,10H,3-6H2,1-2H3/t8-/m0/s1. The Balaban J connectivity index is 2.08. The van der Waals surface area contributed by atoms with Crippen LogP contribution in [0.15, 0.2) is 6.20 Å². The van der Waals surface area contributed by atoms with Crippen molar-refractivity contribution >= 4 is 28.5 Å². The van der Waals surface area contributed by atoms with Gasteiger partial charge in [0.2, 0.25) is 0 Å². The molecule has 7 heteroatoms. The minimum absolute atomic E-state index is 0.116. The van der Waals surface area contributed by atoms with Gasteiger partial charge in [0.25, 0.3) is 0 Å². The molecule has 0 saturated carbocycles. The highest BCUT2D eigenvalue weighted by molar-refractivity contribution is 6.29. The highest BCUT2D eigenvalue weighted by Crippen LogP contribution is 2.30. The first-order valence-corrected chi connectivity index (χ1v) is 7.45. The predicted molar refractivity (Wildman–Crippen MR) is 78.6 cm³/mol. The summed E-state index contributed by atoms with van der Waals surface area (Å²) in [6.07, 6.45) is 3.40. The Morgan fingerprint density at radius 1 is 1.48 bits per heavy atom. The smallest absolute Gasteiger partial charge is 0.182 e. The summed E-state index contributed by atoms with van der Waals surface area (Å²) in [5.74, 6) is 0.331. The van der Waals surface area contributed by atoms with Gasteiger partial charge in [-0.3, -0.25) is 4.79 Å². The van der Waals surface area contributed by atoms with Crippen molar-refractivity contribution in [2.45, 2.75) is 32.7 Å². The van der Waals surface area contributed by atoms with Crippen molar-refractivity contribution in [3.8, 4) is 0 Å². The lowest BCUT2D eigenvalue weighted by atomic mass is 9.93. The molecule has 0 unspecified atom stereocenters. The van der Waals surface area contributed by atoms with E-state index in [1.54, 1.807) is 4.68 Å². The number of carbonyl (C=O) groups is 1. The van der Waals surface area contributed by atoms with Gasteiger partial charge in [-0.2, -0.15) is 5.10 Å². The minimum atomic E-state index is -0.116. The van der Waals surface area contributed by atoms with E-state index in [-0.39, 0.29) is 11.8 Å². The van der Waals surface area contributed by atoms with E-state index in [9.17, 15) is 4.79 Å². The van der Waals surface area contributed by atoms with Crippen LogP contribution < -0.4 is 0 Å². The van der Waals surface area contributed by atoms with E-state index < -0.39 is 0 Å². The van der Waals surface area contributed by atoms with Gasteiger partial charge in [-0.1, -0.05) is 11.6 Å². The number of hydrogen-bond donors (Lipinski definition) is 0. The highest BCUT2D eigenvalue weighted by Gasteiger charge is 2.26. The Kier molecular flexibility index (Phi) is 3.91. The molecule has 6 nitrogen and oxygen atoms in total. The Hall–Kier alpha value is -1.53. The molecule has 0 N–H and O–H groups in total. The van der Waals surface area contributed by atoms with E-state index in [2.05, 4.69) is 22.0 Å². The van der Waals surface area contributed by atoms with Crippen LogP contribution in [-0.4, -0.2) is 38.7 Å². The molecule has 112 valence electrons. The van der Waals surface area contributed by atoms with Crippen molar-refractivity contribution < 1.29 is 9.53 Å². The molecule has 1 aliphatic heterocycles. The second-order valence-corrected chi connectivity index (χ2v) is 5.79. The number of halogens is 1. The fourth-order valence-electron chi connectivity index (χ4n) is 2.81. The number of nitrogens with zero attached hydrogens (tertiary/aromatic N) is 4. The van der Waals surface area contributed by atoms with Gasteiger partial charge in [0.1, 0.15) is 10.7 Å². The normalized spacial score (nSPS) is 18.0. The first-order chi connectivity index (χ1) is 10.1. The molecule has 0 amide bonds. The van der Waals surface area contributed by atoms with E-state index >= 15 is 0 Å². The average molecular weight is 309 g/mol. The van der Waals surface area contributed by atoms with Gasteiger partial charge in [-0.25, -0.2) is 14.6 Å². The molecule has 2 aromatic heterocycles. The molecule has 3 heterocycles. The molecule has 0 aromatic carbocycles. The van der Waals surface area contributed by atoms with E-state index in [0.717, 1.165) is 26.1 Å². The SMILES string of the molecule is CC(=O)c1nn([C@@H](C)C2CCOCC2)c2nc(Cl)cnc12. The van der Waals surface area contributed by atoms with Gasteiger partial charge in [0.15, 0.2) is 17.1 Å². The van der Waals surface area contributed by atoms with Crippen molar-refractivity contribution in [1.82, 2.24) is 19.7 Å². The van der Waals surface area contributed by atoms with Crippen molar-refractivity contribution in [2.75, 3.05) is 13.2 Å².